The molecule has 0 unspecified atom stereocenters. The number of halogens is 1. The van der Waals surface area contributed by atoms with Gasteiger partial charge >= 0.3 is 5.69 Å². The maximum absolute atomic E-state index is 12.4. The average Bonchev–Trinajstić information content (AvgIpc) is 3.04. The van der Waals surface area contributed by atoms with E-state index in [0.717, 1.165) is 5.56 Å². The highest BCUT2D eigenvalue weighted by atomic mass is 35.5. The number of para-hydroxylation sites is 2. The van der Waals surface area contributed by atoms with Crippen molar-refractivity contribution in [3.63, 3.8) is 0 Å². The molecule has 0 aliphatic carbocycles. The first-order chi connectivity index (χ1) is 12.6. The van der Waals surface area contributed by atoms with Crippen LogP contribution in [0.4, 0.5) is 5.69 Å². The summed E-state index contributed by atoms with van der Waals surface area (Å²) in [6.07, 6.45) is 0.153. The third-order valence-electron chi connectivity index (χ3n) is 4.58. The molecule has 1 aliphatic heterocycles. The Balaban J connectivity index is 0.00000261. The Morgan fingerprint density at radius 3 is 2.52 bits per heavy atom. The first-order valence-corrected chi connectivity index (χ1v) is 8.51. The average molecular weight is 392 g/mol. The molecule has 0 spiro atoms. The fourth-order valence-corrected chi connectivity index (χ4v) is 3.22. The van der Waals surface area contributed by atoms with Gasteiger partial charge in [-0.1, -0.05) is 42.5 Å². The normalized spacial score (nSPS) is 18.6. The smallest absolute Gasteiger partial charge is 0.310 e. The van der Waals surface area contributed by atoms with Crippen LogP contribution in [0.25, 0.3) is 0 Å². The van der Waals surface area contributed by atoms with E-state index in [-0.39, 0.29) is 54.7 Å². The summed E-state index contributed by atoms with van der Waals surface area (Å²) in [7, 11) is 0. The molecule has 2 atom stereocenters. The Morgan fingerprint density at radius 1 is 1.15 bits per heavy atom. The number of carbonyl (C=O) groups is 1. The van der Waals surface area contributed by atoms with Gasteiger partial charge in [0.2, 0.25) is 5.91 Å². The molecule has 0 radical (unpaired) electrons. The predicted octanol–water partition coefficient (Wildman–Crippen LogP) is 2.74. The Kier molecular flexibility index (Phi) is 7.15. The van der Waals surface area contributed by atoms with Gasteiger partial charge in [-0.15, -0.1) is 12.4 Å². The molecule has 2 N–H and O–H groups in total. The van der Waals surface area contributed by atoms with Crippen LogP contribution in [0, 0.1) is 10.1 Å². The largest absolute Gasteiger partial charge is 0.486 e. The molecule has 1 heterocycles. The number of amides is 1. The zero-order valence-electron chi connectivity index (χ0n) is 14.7. The molecular formula is C19H22ClN3O4. The maximum Gasteiger partial charge on any atom is 0.310 e. The SMILES string of the molecule is Cl.N[C@@H]1CN(C(=O)CCOc2ccccc2[N+](=O)[O-])C[C@H]1c1ccccc1. The Hall–Kier alpha value is -2.64. The van der Waals surface area contributed by atoms with Gasteiger partial charge in [0.05, 0.1) is 18.0 Å². The lowest BCUT2D eigenvalue weighted by atomic mass is 9.95. The van der Waals surface area contributed by atoms with E-state index in [1.807, 2.05) is 30.3 Å². The highest BCUT2D eigenvalue weighted by Crippen LogP contribution is 2.28. The Labute approximate surface area is 163 Å². The number of hydrogen-bond acceptors (Lipinski definition) is 5. The number of carbonyl (C=O) groups excluding carboxylic acids is 1. The van der Waals surface area contributed by atoms with Crippen molar-refractivity contribution in [1.82, 2.24) is 4.90 Å². The van der Waals surface area contributed by atoms with Crippen molar-refractivity contribution in [3.05, 3.63) is 70.3 Å². The van der Waals surface area contributed by atoms with Crippen LogP contribution in [0.3, 0.4) is 0 Å². The number of nitrogens with two attached hydrogens (primary N) is 1. The van der Waals surface area contributed by atoms with E-state index < -0.39 is 4.92 Å². The number of nitro benzene ring substituents is 1. The van der Waals surface area contributed by atoms with Gasteiger partial charge in [0, 0.05) is 31.1 Å². The van der Waals surface area contributed by atoms with Crippen LogP contribution in [-0.2, 0) is 4.79 Å². The van der Waals surface area contributed by atoms with Gasteiger partial charge < -0.3 is 15.4 Å². The van der Waals surface area contributed by atoms with Crippen molar-refractivity contribution < 1.29 is 14.5 Å². The first-order valence-electron chi connectivity index (χ1n) is 8.51. The molecule has 1 aliphatic rings. The van der Waals surface area contributed by atoms with Crippen LogP contribution in [0.15, 0.2) is 54.6 Å². The molecule has 7 nitrogen and oxygen atoms in total. The van der Waals surface area contributed by atoms with E-state index in [1.165, 1.54) is 12.1 Å². The number of likely N-dealkylation sites (tertiary alicyclic amines) is 1. The lowest BCUT2D eigenvalue weighted by Gasteiger charge is -2.16. The number of hydrogen-bond donors (Lipinski definition) is 1. The van der Waals surface area contributed by atoms with E-state index in [2.05, 4.69) is 0 Å². The highest BCUT2D eigenvalue weighted by molar-refractivity contribution is 5.85. The minimum Gasteiger partial charge on any atom is -0.486 e. The van der Waals surface area contributed by atoms with Gasteiger partial charge in [-0.05, 0) is 11.6 Å². The molecular weight excluding hydrogens is 370 g/mol. The van der Waals surface area contributed by atoms with Gasteiger partial charge in [0.1, 0.15) is 0 Å². The minimum atomic E-state index is -0.499. The van der Waals surface area contributed by atoms with E-state index in [0.29, 0.717) is 13.1 Å². The monoisotopic (exact) mass is 391 g/mol. The summed E-state index contributed by atoms with van der Waals surface area (Å²) in [4.78, 5) is 24.6. The van der Waals surface area contributed by atoms with E-state index in [4.69, 9.17) is 10.5 Å². The van der Waals surface area contributed by atoms with Crippen LogP contribution in [0.2, 0.25) is 0 Å². The molecule has 0 saturated carbocycles. The number of rotatable bonds is 6. The molecule has 2 aromatic carbocycles. The fraction of sp³-hybridized carbons (Fsp3) is 0.316. The third-order valence-corrected chi connectivity index (χ3v) is 4.58. The van der Waals surface area contributed by atoms with E-state index in [1.54, 1.807) is 17.0 Å². The van der Waals surface area contributed by atoms with Crippen LogP contribution >= 0.6 is 12.4 Å². The van der Waals surface area contributed by atoms with E-state index in [9.17, 15) is 14.9 Å². The van der Waals surface area contributed by atoms with Crippen molar-refractivity contribution in [1.29, 1.82) is 0 Å². The topological polar surface area (TPSA) is 98.7 Å². The van der Waals surface area contributed by atoms with Gasteiger partial charge in [-0.25, -0.2) is 0 Å². The lowest BCUT2D eigenvalue weighted by Crippen LogP contribution is -2.32. The summed E-state index contributed by atoms with van der Waals surface area (Å²) < 4.78 is 5.45. The van der Waals surface area contributed by atoms with Crippen molar-refractivity contribution in [3.8, 4) is 5.75 Å². The summed E-state index contributed by atoms with van der Waals surface area (Å²) in [6, 6.07) is 16.0. The van der Waals surface area contributed by atoms with Crippen molar-refractivity contribution in [2.24, 2.45) is 5.73 Å². The highest BCUT2D eigenvalue weighted by Gasteiger charge is 2.33. The predicted molar refractivity (Wildman–Crippen MR) is 104 cm³/mol. The molecule has 0 aromatic heterocycles. The van der Waals surface area contributed by atoms with Gasteiger partial charge in [0.25, 0.3) is 0 Å². The molecule has 3 rings (SSSR count). The summed E-state index contributed by atoms with van der Waals surface area (Å²) >= 11 is 0. The second-order valence-electron chi connectivity index (χ2n) is 6.30. The minimum absolute atomic E-state index is 0. The molecule has 2 aromatic rings. The summed E-state index contributed by atoms with van der Waals surface area (Å²) in [6.45, 7) is 1.17. The van der Waals surface area contributed by atoms with Crippen LogP contribution in [0.5, 0.6) is 5.75 Å². The zero-order chi connectivity index (χ0) is 18.5. The second-order valence-corrected chi connectivity index (χ2v) is 6.30. The Bertz CT molecular complexity index is 788. The molecule has 1 amide bonds. The number of nitrogens with zero attached hydrogens (tertiary/aromatic N) is 2. The number of benzene rings is 2. The third kappa shape index (κ3) is 4.96. The summed E-state index contributed by atoms with van der Waals surface area (Å²) in [5, 5.41) is 11.0. The first kappa shape index (κ1) is 20.7. The number of nitro groups is 1. The van der Waals surface area contributed by atoms with Crippen molar-refractivity contribution in [2.75, 3.05) is 19.7 Å². The van der Waals surface area contributed by atoms with Gasteiger partial charge in [-0.2, -0.15) is 0 Å². The molecule has 27 heavy (non-hydrogen) atoms. The maximum atomic E-state index is 12.4. The number of ether oxygens (including phenoxy) is 1. The summed E-state index contributed by atoms with van der Waals surface area (Å²) in [5.41, 5.74) is 7.24. The molecule has 144 valence electrons. The van der Waals surface area contributed by atoms with Gasteiger partial charge in [-0.3, -0.25) is 14.9 Å². The fourth-order valence-electron chi connectivity index (χ4n) is 3.22. The Morgan fingerprint density at radius 2 is 1.81 bits per heavy atom. The van der Waals surface area contributed by atoms with Crippen molar-refractivity contribution in [2.45, 2.75) is 18.4 Å². The second kappa shape index (κ2) is 9.34. The van der Waals surface area contributed by atoms with Crippen molar-refractivity contribution >= 4 is 24.0 Å². The zero-order valence-corrected chi connectivity index (χ0v) is 15.5. The molecule has 1 saturated heterocycles. The molecule has 0 bridgehead atoms. The molecule has 1 fully saturated rings. The quantitative estimate of drug-likeness (QED) is 0.603. The van der Waals surface area contributed by atoms with Crippen LogP contribution in [-0.4, -0.2) is 41.5 Å². The summed E-state index contributed by atoms with van der Waals surface area (Å²) in [5.74, 6) is 0.235. The van der Waals surface area contributed by atoms with Crippen LogP contribution < -0.4 is 10.5 Å². The van der Waals surface area contributed by atoms with Gasteiger partial charge in [0.15, 0.2) is 5.75 Å². The van der Waals surface area contributed by atoms with E-state index >= 15 is 0 Å². The van der Waals surface area contributed by atoms with Crippen LogP contribution in [0.1, 0.15) is 17.9 Å². The standard InChI is InChI=1S/C19H21N3O4.ClH/c20-16-13-21(12-15(16)14-6-2-1-3-7-14)19(23)10-11-26-18-9-5-4-8-17(18)22(24)25;/h1-9,15-16H,10-13,20H2;1H/t15-,16+;/m0./s1. The molecule has 8 heteroatoms. The lowest BCUT2D eigenvalue weighted by molar-refractivity contribution is -0.385.